The predicted octanol–water partition coefficient (Wildman–Crippen LogP) is 5.77. The van der Waals surface area contributed by atoms with Gasteiger partial charge < -0.3 is 0 Å². The van der Waals surface area contributed by atoms with E-state index in [9.17, 15) is 4.79 Å². The molecule has 0 unspecified atom stereocenters. The Labute approximate surface area is 144 Å². The van der Waals surface area contributed by atoms with Crippen LogP contribution in [0.25, 0.3) is 0 Å². The third kappa shape index (κ3) is 4.92. The molecular weight excluding hydrogens is 423 g/mol. The SMILES string of the molecule is O=C(CSc1cccc(Br)c1)Cc1ccc(Br)cc1Cl. The zero-order chi connectivity index (χ0) is 14.5. The summed E-state index contributed by atoms with van der Waals surface area (Å²) in [6, 6.07) is 13.5. The molecule has 5 heteroatoms. The molecule has 2 aromatic carbocycles. The predicted molar refractivity (Wildman–Crippen MR) is 92.7 cm³/mol. The highest BCUT2D eigenvalue weighted by Gasteiger charge is 2.08. The lowest BCUT2D eigenvalue weighted by molar-refractivity contribution is -0.116. The molecule has 0 spiro atoms. The Morgan fingerprint density at radius 2 is 1.85 bits per heavy atom. The average molecular weight is 435 g/mol. The van der Waals surface area contributed by atoms with Crippen molar-refractivity contribution in [3.8, 4) is 0 Å². The van der Waals surface area contributed by atoms with Crippen LogP contribution in [0.15, 0.2) is 56.3 Å². The van der Waals surface area contributed by atoms with E-state index in [2.05, 4.69) is 31.9 Å². The van der Waals surface area contributed by atoms with Crippen molar-refractivity contribution < 1.29 is 4.79 Å². The van der Waals surface area contributed by atoms with E-state index in [0.29, 0.717) is 17.2 Å². The topological polar surface area (TPSA) is 17.1 Å². The molecule has 0 radical (unpaired) electrons. The summed E-state index contributed by atoms with van der Waals surface area (Å²) in [7, 11) is 0. The van der Waals surface area contributed by atoms with Gasteiger partial charge in [0.15, 0.2) is 0 Å². The first kappa shape index (κ1) is 16.1. The van der Waals surface area contributed by atoms with E-state index in [0.717, 1.165) is 19.4 Å². The van der Waals surface area contributed by atoms with Crippen LogP contribution in [0.4, 0.5) is 0 Å². The van der Waals surface area contributed by atoms with Crippen LogP contribution >= 0.6 is 55.2 Å². The van der Waals surface area contributed by atoms with Crippen molar-refractivity contribution >= 4 is 61.0 Å². The summed E-state index contributed by atoms with van der Waals surface area (Å²) < 4.78 is 1.94. The number of hydrogen-bond donors (Lipinski definition) is 0. The Bertz CT molecular complexity index is 631. The van der Waals surface area contributed by atoms with Crippen LogP contribution in [0.3, 0.4) is 0 Å². The number of carbonyl (C=O) groups excluding carboxylic acids is 1. The molecule has 0 heterocycles. The fourth-order valence-corrected chi connectivity index (χ4v) is 3.75. The van der Waals surface area contributed by atoms with Crippen molar-refractivity contribution in [3.05, 3.63) is 62.0 Å². The van der Waals surface area contributed by atoms with Gasteiger partial charge in [0.1, 0.15) is 5.78 Å². The second kappa shape index (κ2) is 7.64. The second-order valence-corrected chi connectivity index (χ2v) is 7.48. The number of rotatable bonds is 5. The summed E-state index contributed by atoms with van der Waals surface area (Å²) in [4.78, 5) is 13.1. The molecular formula is C15H11Br2ClOS. The number of Topliss-reactive ketones (excluding diaryl/α,β-unsaturated/α-hetero) is 1. The molecule has 0 amide bonds. The lowest BCUT2D eigenvalue weighted by Crippen LogP contribution is -2.06. The largest absolute Gasteiger partial charge is 0.298 e. The van der Waals surface area contributed by atoms with E-state index in [4.69, 9.17) is 11.6 Å². The van der Waals surface area contributed by atoms with Crippen LogP contribution in [-0.2, 0) is 11.2 Å². The minimum Gasteiger partial charge on any atom is -0.298 e. The molecule has 0 bridgehead atoms. The third-order valence-corrected chi connectivity index (χ3v) is 4.99. The van der Waals surface area contributed by atoms with Gasteiger partial charge in [-0.2, -0.15) is 0 Å². The number of benzene rings is 2. The van der Waals surface area contributed by atoms with Gasteiger partial charge in [-0.25, -0.2) is 0 Å². The quantitative estimate of drug-likeness (QED) is 0.556. The van der Waals surface area contributed by atoms with Crippen LogP contribution in [0.2, 0.25) is 5.02 Å². The zero-order valence-corrected chi connectivity index (χ0v) is 15.2. The summed E-state index contributed by atoms with van der Waals surface area (Å²) in [6.45, 7) is 0. The van der Waals surface area contributed by atoms with Crippen molar-refractivity contribution in [2.24, 2.45) is 0 Å². The summed E-state index contributed by atoms with van der Waals surface area (Å²) in [5.74, 6) is 0.613. The molecule has 1 nitrogen and oxygen atoms in total. The van der Waals surface area contributed by atoms with Gasteiger partial charge in [0, 0.05) is 25.3 Å². The highest BCUT2D eigenvalue weighted by molar-refractivity contribution is 9.10. The summed E-state index contributed by atoms with van der Waals surface area (Å²) >= 11 is 14.4. The second-order valence-electron chi connectivity index (χ2n) is 4.20. The van der Waals surface area contributed by atoms with Crippen molar-refractivity contribution in [2.45, 2.75) is 11.3 Å². The first-order valence-electron chi connectivity index (χ1n) is 5.88. The molecule has 0 aliphatic heterocycles. The van der Waals surface area contributed by atoms with Gasteiger partial charge in [0.25, 0.3) is 0 Å². The molecule has 0 saturated heterocycles. The van der Waals surface area contributed by atoms with Crippen molar-refractivity contribution in [1.29, 1.82) is 0 Å². The fraction of sp³-hybridized carbons (Fsp3) is 0.133. The standard InChI is InChI=1S/C15H11Br2ClOS/c16-11-2-1-3-14(7-11)20-9-13(19)6-10-4-5-12(17)8-15(10)18/h1-5,7-8H,6,9H2. The average Bonchev–Trinajstić information content (AvgIpc) is 2.40. The van der Waals surface area contributed by atoms with E-state index >= 15 is 0 Å². The smallest absolute Gasteiger partial charge is 0.147 e. The Morgan fingerprint density at radius 3 is 2.55 bits per heavy atom. The van der Waals surface area contributed by atoms with Crippen molar-refractivity contribution in [2.75, 3.05) is 5.75 Å². The van der Waals surface area contributed by atoms with Crippen molar-refractivity contribution in [1.82, 2.24) is 0 Å². The first-order chi connectivity index (χ1) is 9.54. The Balaban J connectivity index is 1.92. The monoisotopic (exact) mass is 432 g/mol. The minimum atomic E-state index is 0.166. The van der Waals surface area contributed by atoms with Gasteiger partial charge in [-0.3, -0.25) is 4.79 Å². The maximum atomic E-state index is 12.0. The highest BCUT2D eigenvalue weighted by atomic mass is 79.9. The van der Waals surface area contributed by atoms with Gasteiger partial charge in [-0.05, 0) is 35.9 Å². The molecule has 20 heavy (non-hydrogen) atoms. The Kier molecular flexibility index (Phi) is 6.15. The maximum Gasteiger partial charge on any atom is 0.147 e. The van der Waals surface area contributed by atoms with Crippen LogP contribution in [0.5, 0.6) is 0 Å². The molecule has 0 atom stereocenters. The van der Waals surface area contributed by atoms with Gasteiger partial charge in [-0.15, -0.1) is 11.8 Å². The molecule has 0 aliphatic carbocycles. The fourth-order valence-electron chi connectivity index (χ4n) is 1.65. The third-order valence-electron chi connectivity index (χ3n) is 2.60. The normalized spacial score (nSPS) is 10.6. The van der Waals surface area contributed by atoms with E-state index in [1.807, 2.05) is 42.5 Å². The van der Waals surface area contributed by atoms with E-state index in [1.165, 1.54) is 11.8 Å². The summed E-state index contributed by atoms with van der Waals surface area (Å²) in [6.07, 6.45) is 0.368. The van der Waals surface area contributed by atoms with Crippen LogP contribution in [0, 0.1) is 0 Å². The maximum absolute atomic E-state index is 12.0. The summed E-state index contributed by atoms with van der Waals surface area (Å²) in [5.41, 5.74) is 0.870. The van der Waals surface area contributed by atoms with Crippen LogP contribution in [0.1, 0.15) is 5.56 Å². The van der Waals surface area contributed by atoms with E-state index in [1.54, 1.807) is 0 Å². The Morgan fingerprint density at radius 1 is 1.10 bits per heavy atom. The molecule has 2 aromatic rings. The number of ketones is 1. The summed E-state index contributed by atoms with van der Waals surface area (Å²) in [5, 5.41) is 0.625. The molecule has 0 N–H and O–H groups in total. The Hall–Kier alpha value is -0.290. The lowest BCUT2D eigenvalue weighted by Gasteiger charge is -2.05. The number of thioether (sulfide) groups is 1. The molecule has 0 fully saturated rings. The van der Waals surface area contributed by atoms with E-state index in [-0.39, 0.29) is 5.78 Å². The highest BCUT2D eigenvalue weighted by Crippen LogP contribution is 2.24. The number of halogens is 3. The molecule has 0 aliphatic rings. The molecule has 104 valence electrons. The molecule has 0 aromatic heterocycles. The first-order valence-corrected chi connectivity index (χ1v) is 8.83. The van der Waals surface area contributed by atoms with E-state index < -0.39 is 0 Å². The lowest BCUT2D eigenvalue weighted by atomic mass is 10.1. The molecule has 2 rings (SSSR count). The van der Waals surface area contributed by atoms with Crippen LogP contribution in [-0.4, -0.2) is 11.5 Å². The van der Waals surface area contributed by atoms with Gasteiger partial charge in [0.2, 0.25) is 0 Å². The van der Waals surface area contributed by atoms with Crippen LogP contribution < -0.4 is 0 Å². The number of carbonyl (C=O) groups is 1. The molecule has 0 saturated carbocycles. The van der Waals surface area contributed by atoms with Gasteiger partial charge in [0.05, 0.1) is 5.75 Å². The minimum absolute atomic E-state index is 0.166. The number of hydrogen-bond acceptors (Lipinski definition) is 2. The zero-order valence-electron chi connectivity index (χ0n) is 10.4. The van der Waals surface area contributed by atoms with Gasteiger partial charge >= 0.3 is 0 Å². The van der Waals surface area contributed by atoms with Crippen molar-refractivity contribution in [3.63, 3.8) is 0 Å². The van der Waals surface area contributed by atoms with Gasteiger partial charge in [-0.1, -0.05) is 55.6 Å².